The van der Waals surface area contributed by atoms with Gasteiger partial charge in [0.2, 0.25) is 5.91 Å². The quantitative estimate of drug-likeness (QED) is 0.627. The molecule has 1 radical (unpaired) electrons. The summed E-state index contributed by atoms with van der Waals surface area (Å²) in [5.74, 6) is 1.22. The number of nitrogens with zero attached hydrogens (tertiary/aromatic N) is 1. The molecule has 0 saturated heterocycles. The number of aromatic amines is 1. The van der Waals surface area contributed by atoms with Crippen LogP contribution >= 0.6 is 0 Å². The smallest absolute Gasteiger partial charge is 0.219 e. The number of hydrogen-bond donors (Lipinski definition) is 2. The summed E-state index contributed by atoms with van der Waals surface area (Å²) in [5, 5.41) is 2.90. The zero-order valence-corrected chi connectivity index (χ0v) is 11.3. The third-order valence-electron chi connectivity index (χ3n) is 2.89. The monoisotopic (exact) mass is 250 g/mol. The lowest BCUT2D eigenvalue weighted by molar-refractivity contribution is -0.121. The average molecular weight is 250 g/mol. The Morgan fingerprint density at radius 2 is 2.11 bits per heavy atom. The predicted molar refractivity (Wildman–Crippen MR) is 72.1 cm³/mol. The highest BCUT2D eigenvalue weighted by Gasteiger charge is 2.00. The molecule has 0 aliphatic heterocycles. The van der Waals surface area contributed by atoms with E-state index >= 15 is 0 Å². The Hall–Kier alpha value is -1.32. The van der Waals surface area contributed by atoms with Crippen LogP contribution in [0.4, 0.5) is 0 Å². The molecule has 1 amide bonds. The molecule has 0 unspecified atom stereocenters. The molecule has 0 atom stereocenters. The second kappa shape index (κ2) is 9.68. The van der Waals surface area contributed by atoms with Crippen LogP contribution in [0.3, 0.4) is 0 Å². The van der Waals surface area contributed by atoms with Crippen molar-refractivity contribution in [2.24, 2.45) is 0 Å². The number of unbranched alkanes of at least 4 members (excludes halogenated alkanes) is 4. The summed E-state index contributed by atoms with van der Waals surface area (Å²) in [7, 11) is 0. The van der Waals surface area contributed by atoms with Crippen molar-refractivity contribution in [1.29, 1.82) is 0 Å². The van der Waals surface area contributed by atoms with E-state index < -0.39 is 0 Å². The molecule has 1 rings (SSSR count). The van der Waals surface area contributed by atoms with Crippen LogP contribution in [-0.2, 0) is 11.2 Å². The van der Waals surface area contributed by atoms with Gasteiger partial charge < -0.3 is 10.3 Å². The van der Waals surface area contributed by atoms with Crippen LogP contribution in [-0.4, -0.2) is 22.4 Å². The van der Waals surface area contributed by atoms with Crippen LogP contribution in [0.15, 0.2) is 6.20 Å². The van der Waals surface area contributed by atoms with Crippen molar-refractivity contribution in [3.8, 4) is 0 Å². The summed E-state index contributed by atoms with van der Waals surface area (Å²) >= 11 is 0. The summed E-state index contributed by atoms with van der Waals surface area (Å²) in [5.41, 5.74) is 0. The molecule has 1 heterocycles. The van der Waals surface area contributed by atoms with Gasteiger partial charge in [-0.2, -0.15) is 0 Å². The Labute approximate surface area is 110 Å². The van der Waals surface area contributed by atoms with E-state index in [0.717, 1.165) is 44.5 Å². The van der Waals surface area contributed by atoms with Gasteiger partial charge >= 0.3 is 0 Å². The van der Waals surface area contributed by atoms with E-state index in [2.05, 4.69) is 28.4 Å². The molecule has 1 aromatic rings. The Kier molecular flexibility index (Phi) is 7.93. The first-order chi connectivity index (χ1) is 8.83. The van der Waals surface area contributed by atoms with Crippen LogP contribution in [0.2, 0.25) is 0 Å². The molecule has 4 nitrogen and oxygen atoms in total. The summed E-state index contributed by atoms with van der Waals surface area (Å²) in [4.78, 5) is 18.4. The number of carbonyl (C=O) groups is 1. The van der Waals surface area contributed by atoms with E-state index in [0.29, 0.717) is 6.42 Å². The molecular formula is C14H24N3O. The number of H-pyrrole nitrogens is 1. The van der Waals surface area contributed by atoms with E-state index in [1.807, 2.05) is 0 Å². The molecule has 18 heavy (non-hydrogen) atoms. The summed E-state index contributed by atoms with van der Waals surface area (Å²) < 4.78 is 0. The first kappa shape index (κ1) is 14.7. The number of aryl methyl sites for hydroxylation is 1. The molecule has 0 aliphatic rings. The van der Waals surface area contributed by atoms with Gasteiger partial charge in [-0.1, -0.05) is 26.2 Å². The van der Waals surface area contributed by atoms with Crippen molar-refractivity contribution in [3.63, 3.8) is 0 Å². The normalized spacial score (nSPS) is 10.5. The molecule has 0 aromatic carbocycles. The third-order valence-corrected chi connectivity index (χ3v) is 2.89. The number of nitrogens with one attached hydrogen (secondary N) is 2. The molecule has 0 saturated carbocycles. The zero-order valence-electron chi connectivity index (χ0n) is 11.3. The Morgan fingerprint density at radius 3 is 2.83 bits per heavy atom. The number of imidazole rings is 1. The second-order valence-electron chi connectivity index (χ2n) is 4.59. The van der Waals surface area contributed by atoms with E-state index in [9.17, 15) is 4.79 Å². The standard InChI is InChI=1S/C14H24N3O/c1-2-10-17-14(18)9-7-5-3-4-6-8-13-15-11-12-16-13/h11H,2-10H2,1H3,(H,15,16)(H,17,18). The van der Waals surface area contributed by atoms with E-state index in [1.165, 1.54) is 12.8 Å². The van der Waals surface area contributed by atoms with E-state index in [-0.39, 0.29) is 5.91 Å². The Bertz CT molecular complexity index is 309. The molecule has 1 aromatic heterocycles. The van der Waals surface area contributed by atoms with Crippen molar-refractivity contribution in [2.75, 3.05) is 6.54 Å². The molecule has 101 valence electrons. The van der Waals surface area contributed by atoms with Crippen LogP contribution in [0.5, 0.6) is 0 Å². The lowest BCUT2D eigenvalue weighted by atomic mass is 10.1. The van der Waals surface area contributed by atoms with E-state index in [1.54, 1.807) is 6.20 Å². The molecule has 0 bridgehead atoms. The maximum absolute atomic E-state index is 11.3. The minimum absolute atomic E-state index is 0.197. The number of hydrogen-bond acceptors (Lipinski definition) is 2. The van der Waals surface area contributed by atoms with Gasteiger partial charge in [-0.15, -0.1) is 0 Å². The summed E-state index contributed by atoms with van der Waals surface area (Å²) in [6.07, 6.45) is 12.9. The lowest BCUT2D eigenvalue weighted by Gasteiger charge is -2.03. The SMILES string of the molecule is CCCNC(=O)CCCCCCCc1n[c]c[nH]1. The van der Waals surface area contributed by atoms with Crippen molar-refractivity contribution in [1.82, 2.24) is 15.3 Å². The van der Waals surface area contributed by atoms with Crippen LogP contribution in [0.1, 0.15) is 57.7 Å². The number of carbonyl (C=O) groups excluding carboxylic acids is 1. The molecule has 0 fully saturated rings. The highest BCUT2D eigenvalue weighted by atomic mass is 16.1. The zero-order chi connectivity index (χ0) is 13.1. The third kappa shape index (κ3) is 7.09. The van der Waals surface area contributed by atoms with Crippen LogP contribution in [0, 0.1) is 6.20 Å². The van der Waals surface area contributed by atoms with Gasteiger partial charge in [0.1, 0.15) is 12.0 Å². The van der Waals surface area contributed by atoms with Crippen LogP contribution in [0.25, 0.3) is 0 Å². The molecule has 0 spiro atoms. The minimum Gasteiger partial charge on any atom is -0.356 e. The molecular weight excluding hydrogens is 226 g/mol. The van der Waals surface area contributed by atoms with Gasteiger partial charge in [0, 0.05) is 25.6 Å². The molecule has 4 heteroatoms. The molecule has 0 aliphatic carbocycles. The van der Waals surface area contributed by atoms with Gasteiger partial charge in [0.15, 0.2) is 0 Å². The van der Waals surface area contributed by atoms with Crippen molar-refractivity contribution >= 4 is 5.91 Å². The van der Waals surface area contributed by atoms with Gasteiger partial charge in [-0.05, 0) is 19.3 Å². The first-order valence-electron chi connectivity index (χ1n) is 7.00. The molecule has 2 N–H and O–H groups in total. The second-order valence-corrected chi connectivity index (χ2v) is 4.59. The number of aromatic nitrogens is 2. The van der Waals surface area contributed by atoms with Crippen molar-refractivity contribution < 1.29 is 4.79 Å². The van der Waals surface area contributed by atoms with Gasteiger partial charge in [-0.3, -0.25) is 4.79 Å². The van der Waals surface area contributed by atoms with Gasteiger partial charge in [-0.25, -0.2) is 4.98 Å². The van der Waals surface area contributed by atoms with Crippen molar-refractivity contribution in [3.05, 3.63) is 18.2 Å². The minimum atomic E-state index is 0.197. The fraction of sp³-hybridized carbons (Fsp3) is 0.714. The average Bonchev–Trinajstić information content (AvgIpc) is 2.88. The predicted octanol–water partition coefficient (Wildman–Crippen LogP) is 2.62. The maximum Gasteiger partial charge on any atom is 0.219 e. The number of amides is 1. The van der Waals surface area contributed by atoms with Crippen molar-refractivity contribution in [2.45, 2.75) is 58.3 Å². The highest BCUT2D eigenvalue weighted by molar-refractivity contribution is 5.75. The topological polar surface area (TPSA) is 57.8 Å². The first-order valence-corrected chi connectivity index (χ1v) is 7.00. The largest absolute Gasteiger partial charge is 0.356 e. The van der Waals surface area contributed by atoms with E-state index in [4.69, 9.17) is 0 Å². The number of rotatable bonds is 10. The Balaban J connectivity index is 1.85. The summed E-state index contributed by atoms with van der Waals surface area (Å²) in [6, 6.07) is 0. The fourth-order valence-electron chi connectivity index (χ4n) is 1.85. The van der Waals surface area contributed by atoms with Gasteiger partial charge in [0.25, 0.3) is 0 Å². The van der Waals surface area contributed by atoms with Crippen LogP contribution < -0.4 is 5.32 Å². The highest BCUT2D eigenvalue weighted by Crippen LogP contribution is 2.07. The lowest BCUT2D eigenvalue weighted by Crippen LogP contribution is -2.23. The Morgan fingerprint density at radius 1 is 1.33 bits per heavy atom. The van der Waals surface area contributed by atoms with Gasteiger partial charge in [0.05, 0.1) is 0 Å². The summed E-state index contributed by atoms with van der Waals surface area (Å²) in [6.45, 7) is 2.87. The maximum atomic E-state index is 11.3. The fourth-order valence-corrected chi connectivity index (χ4v) is 1.85.